The van der Waals surface area contributed by atoms with Crippen molar-refractivity contribution >= 4 is 33.2 Å². The molecule has 4 nitrogen and oxygen atoms in total. The van der Waals surface area contributed by atoms with Crippen molar-refractivity contribution < 1.29 is 9.84 Å². The van der Waals surface area contributed by atoms with Crippen molar-refractivity contribution in [2.24, 2.45) is 0 Å². The van der Waals surface area contributed by atoms with Gasteiger partial charge in [0.1, 0.15) is 11.9 Å². The zero-order chi connectivity index (χ0) is 20.5. The van der Waals surface area contributed by atoms with Gasteiger partial charge in [0.25, 0.3) is 0 Å². The average Bonchev–Trinajstić information content (AvgIpc) is 3.13. The summed E-state index contributed by atoms with van der Waals surface area (Å²) in [6.07, 6.45) is 4.42. The first-order valence-corrected chi connectivity index (χ1v) is 11.4. The summed E-state index contributed by atoms with van der Waals surface area (Å²) in [5, 5.41) is 11.0. The number of fused-ring (bicyclic) bond motifs is 1. The van der Waals surface area contributed by atoms with Gasteiger partial charge in [-0.3, -0.25) is 4.98 Å². The smallest absolute Gasteiger partial charge is 0.130 e. The van der Waals surface area contributed by atoms with Gasteiger partial charge >= 0.3 is 0 Å². The predicted octanol–water partition coefficient (Wildman–Crippen LogP) is 5.84. The van der Waals surface area contributed by atoms with Crippen LogP contribution in [0.25, 0.3) is 21.3 Å². The predicted molar refractivity (Wildman–Crippen MR) is 121 cm³/mol. The number of likely N-dealkylation sites (N-methyl/N-ethyl adjacent to an activating group) is 1. The van der Waals surface area contributed by atoms with Crippen molar-refractivity contribution in [3.8, 4) is 16.9 Å². The van der Waals surface area contributed by atoms with E-state index in [1.807, 2.05) is 37.4 Å². The number of likely N-dealkylation sites (tertiary alicyclic amines) is 1. The number of hydrogen-bond donors (Lipinski definition) is 1. The topological polar surface area (TPSA) is 45.6 Å². The lowest BCUT2D eigenvalue weighted by atomic mass is 10.0. The average molecular weight is 431 g/mol. The molecule has 0 radical (unpaired) electrons. The molecule has 154 valence electrons. The highest BCUT2D eigenvalue weighted by molar-refractivity contribution is 7.19. The zero-order valence-corrected chi connectivity index (χ0v) is 18.7. The van der Waals surface area contributed by atoms with Gasteiger partial charge in [-0.2, -0.15) is 0 Å². The Morgan fingerprint density at radius 1 is 1.34 bits per heavy atom. The van der Waals surface area contributed by atoms with Gasteiger partial charge in [-0.05, 0) is 69.6 Å². The Labute approximate surface area is 181 Å². The Morgan fingerprint density at radius 2 is 2.17 bits per heavy atom. The molecule has 1 aromatic carbocycles. The maximum atomic E-state index is 10.3. The fourth-order valence-corrected chi connectivity index (χ4v) is 5.49. The number of aromatic nitrogens is 1. The summed E-state index contributed by atoms with van der Waals surface area (Å²) in [5.41, 5.74) is 3.99. The third kappa shape index (κ3) is 4.29. The van der Waals surface area contributed by atoms with E-state index in [0.717, 1.165) is 63.5 Å². The molecule has 1 aliphatic heterocycles. The second-order valence-electron chi connectivity index (χ2n) is 7.89. The van der Waals surface area contributed by atoms with Crippen molar-refractivity contribution in [1.29, 1.82) is 0 Å². The van der Waals surface area contributed by atoms with Gasteiger partial charge in [0.2, 0.25) is 0 Å². The van der Waals surface area contributed by atoms with Crippen molar-refractivity contribution in [3.05, 3.63) is 45.9 Å². The summed E-state index contributed by atoms with van der Waals surface area (Å²) in [6, 6.07) is 7.96. The molecule has 1 N–H and O–H groups in total. The molecule has 2 atom stereocenters. The third-order valence-corrected chi connectivity index (χ3v) is 7.02. The Balaban J connectivity index is 1.81. The van der Waals surface area contributed by atoms with Crippen LogP contribution in [0.2, 0.25) is 5.02 Å². The molecular weight excluding hydrogens is 404 g/mol. The minimum atomic E-state index is -0.461. The summed E-state index contributed by atoms with van der Waals surface area (Å²) < 4.78 is 7.61. The first-order chi connectivity index (χ1) is 14.0. The number of aryl methyl sites for hydroxylation is 1. The lowest BCUT2D eigenvalue weighted by Crippen LogP contribution is -2.38. The van der Waals surface area contributed by atoms with Crippen LogP contribution in [0.3, 0.4) is 0 Å². The molecule has 2 aromatic heterocycles. The standard InChI is InChI=1S/C23H27ClN2O2S/c1-4-20(27)21-12-19-23(29-21)17(7-8-25-19)18-11-15(24)10-14(2)22(18)28-16-6-5-9-26(3)13-16/h7-8,10-12,16,20,27H,4-6,9,13H2,1-3H3/t16-,20?/m0/s1. The van der Waals surface area contributed by atoms with Gasteiger partial charge in [0.15, 0.2) is 0 Å². The monoisotopic (exact) mass is 430 g/mol. The molecule has 0 aliphatic carbocycles. The Kier molecular flexibility index (Phi) is 6.11. The van der Waals surface area contributed by atoms with Crippen LogP contribution in [0.15, 0.2) is 30.5 Å². The Bertz CT molecular complexity index is 1020. The number of piperidine rings is 1. The molecular formula is C23H27ClN2O2S. The van der Waals surface area contributed by atoms with Crippen LogP contribution in [0, 0.1) is 6.92 Å². The van der Waals surface area contributed by atoms with Crippen molar-refractivity contribution in [2.75, 3.05) is 20.1 Å². The SMILES string of the molecule is CCC(O)c1cc2nccc(-c3cc(Cl)cc(C)c3O[C@H]3CCCN(C)C3)c2s1. The van der Waals surface area contributed by atoms with Gasteiger partial charge in [-0.15, -0.1) is 11.3 Å². The Hall–Kier alpha value is -1.66. The van der Waals surface area contributed by atoms with E-state index in [2.05, 4.69) is 23.9 Å². The van der Waals surface area contributed by atoms with Crippen molar-refractivity contribution in [2.45, 2.75) is 45.3 Å². The molecule has 4 rings (SSSR count). The number of hydrogen-bond acceptors (Lipinski definition) is 5. The van der Waals surface area contributed by atoms with Crippen LogP contribution in [0.5, 0.6) is 5.75 Å². The molecule has 1 fully saturated rings. The highest BCUT2D eigenvalue weighted by atomic mass is 35.5. The first kappa shape index (κ1) is 20.6. The summed E-state index contributed by atoms with van der Waals surface area (Å²) >= 11 is 8.05. The van der Waals surface area contributed by atoms with E-state index in [1.165, 1.54) is 0 Å². The van der Waals surface area contributed by atoms with Crippen LogP contribution >= 0.6 is 22.9 Å². The summed E-state index contributed by atoms with van der Waals surface area (Å²) in [6.45, 7) is 6.08. The van der Waals surface area contributed by atoms with E-state index in [-0.39, 0.29) is 6.10 Å². The first-order valence-electron chi connectivity index (χ1n) is 10.2. The van der Waals surface area contributed by atoms with Crippen molar-refractivity contribution in [1.82, 2.24) is 9.88 Å². The maximum absolute atomic E-state index is 10.3. The van der Waals surface area contributed by atoms with Crippen LogP contribution in [0.4, 0.5) is 0 Å². The lowest BCUT2D eigenvalue weighted by Gasteiger charge is -2.31. The van der Waals surface area contributed by atoms with Crippen LogP contribution < -0.4 is 4.74 Å². The number of pyridine rings is 1. The third-order valence-electron chi connectivity index (χ3n) is 5.54. The van der Waals surface area contributed by atoms with E-state index in [1.54, 1.807) is 11.3 Å². The number of nitrogens with zero attached hydrogens (tertiary/aromatic N) is 2. The number of thiophene rings is 1. The molecule has 1 saturated heterocycles. The van der Waals surface area contributed by atoms with Crippen LogP contribution in [-0.2, 0) is 0 Å². The van der Waals surface area contributed by atoms with E-state index < -0.39 is 6.10 Å². The molecule has 0 bridgehead atoms. The quantitative estimate of drug-likeness (QED) is 0.552. The molecule has 29 heavy (non-hydrogen) atoms. The van der Waals surface area contributed by atoms with E-state index in [9.17, 15) is 5.11 Å². The number of aliphatic hydroxyl groups is 1. The fraction of sp³-hybridized carbons (Fsp3) is 0.435. The van der Waals surface area contributed by atoms with Gasteiger partial charge in [0, 0.05) is 33.8 Å². The highest BCUT2D eigenvalue weighted by Crippen LogP contribution is 2.43. The largest absolute Gasteiger partial charge is 0.488 e. The minimum absolute atomic E-state index is 0.172. The van der Waals surface area contributed by atoms with E-state index in [4.69, 9.17) is 16.3 Å². The molecule has 0 saturated carbocycles. The fourth-order valence-electron chi connectivity index (χ4n) is 4.00. The lowest BCUT2D eigenvalue weighted by molar-refractivity contribution is 0.104. The number of benzene rings is 1. The second-order valence-corrected chi connectivity index (χ2v) is 9.41. The number of rotatable bonds is 5. The normalized spacial score (nSPS) is 18.9. The molecule has 0 spiro atoms. The van der Waals surface area contributed by atoms with E-state index >= 15 is 0 Å². The van der Waals surface area contributed by atoms with Crippen LogP contribution in [-0.4, -0.2) is 41.2 Å². The van der Waals surface area contributed by atoms with Gasteiger partial charge < -0.3 is 14.7 Å². The molecule has 3 heterocycles. The van der Waals surface area contributed by atoms with E-state index in [0.29, 0.717) is 11.4 Å². The number of halogens is 1. The number of aliphatic hydroxyl groups excluding tert-OH is 1. The highest BCUT2D eigenvalue weighted by Gasteiger charge is 2.23. The van der Waals surface area contributed by atoms with Gasteiger partial charge in [-0.1, -0.05) is 18.5 Å². The molecule has 0 amide bonds. The second kappa shape index (κ2) is 8.60. The minimum Gasteiger partial charge on any atom is -0.488 e. The zero-order valence-electron chi connectivity index (χ0n) is 17.1. The summed E-state index contributed by atoms with van der Waals surface area (Å²) in [5.74, 6) is 0.896. The van der Waals surface area contributed by atoms with Gasteiger partial charge in [0.05, 0.1) is 16.3 Å². The van der Waals surface area contributed by atoms with Crippen LogP contribution in [0.1, 0.15) is 42.7 Å². The summed E-state index contributed by atoms with van der Waals surface area (Å²) in [7, 11) is 2.14. The number of ether oxygens (including phenoxy) is 1. The molecule has 1 aliphatic rings. The Morgan fingerprint density at radius 3 is 2.93 bits per heavy atom. The maximum Gasteiger partial charge on any atom is 0.130 e. The van der Waals surface area contributed by atoms with Gasteiger partial charge in [-0.25, -0.2) is 0 Å². The molecule has 6 heteroatoms. The molecule has 3 aromatic rings. The van der Waals surface area contributed by atoms with Crippen molar-refractivity contribution in [3.63, 3.8) is 0 Å². The summed E-state index contributed by atoms with van der Waals surface area (Å²) in [4.78, 5) is 7.79. The molecule has 1 unspecified atom stereocenters.